The Morgan fingerprint density at radius 3 is 2.75 bits per heavy atom. The van der Waals surface area contributed by atoms with Gasteiger partial charge in [0.05, 0.1) is 0 Å². The number of hydrogen-bond acceptors (Lipinski definition) is 2. The van der Waals surface area contributed by atoms with Gasteiger partial charge in [0.1, 0.15) is 0 Å². The van der Waals surface area contributed by atoms with E-state index in [1.54, 1.807) is 0 Å². The maximum Gasteiger partial charge on any atom is 0.0402 e. The fraction of sp³-hybridized carbons (Fsp3) is 0.667. The van der Waals surface area contributed by atoms with Crippen molar-refractivity contribution in [2.75, 3.05) is 11.4 Å². The summed E-state index contributed by atoms with van der Waals surface area (Å²) in [7, 11) is 0. The van der Waals surface area contributed by atoms with Crippen LogP contribution in [0.25, 0.3) is 0 Å². The average molecular weight is 274 g/mol. The molecule has 2 unspecified atom stereocenters. The molecule has 1 aliphatic rings. The van der Waals surface area contributed by atoms with Crippen molar-refractivity contribution in [3.05, 3.63) is 29.3 Å². The predicted molar refractivity (Wildman–Crippen MR) is 88.4 cm³/mol. The van der Waals surface area contributed by atoms with E-state index in [0.29, 0.717) is 12.0 Å². The van der Waals surface area contributed by atoms with E-state index in [4.69, 9.17) is 5.73 Å². The van der Waals surface area contributed by atoms with Crippen molar-refractivity contribution in [2.45, 2.75) is 65.5 Å². The van der Waals surface area contributed by atoms with E-state index in [2.05, 4.69) is 50.8 Å². The first-order valence-corrected chi connectivity index (χ1v) is 8.14. The fourth-order valence-corrected chi connectivity index (χ4v) is 3.37. The Morgan fingerprint density at radius 1 is 1.35 bits per heavy atom. The molecule has 0 amide bonds. The highest BCUT2D eigenvalue weighted by Crippen LogP contribution is 2.33. The number of hydrogen-bond donors (Lipinski definition) is 1. The Hall–Kier alpha value is -1.02. The summed E-state index contributed by atoms with van der Waals surface area (Å²) in [5, 5.41) is 0. The van der Waals surface area contributed by atoms with Gasteiger partial charge < -0.3 is 10.6 Å². The minimum Gasteiger partial charge on any atom is -0.368 e. The second-order valence-electron chi connectivity index (χ2n) is 6.65. The molecule has 0 radical (unpaired) electrons. The van der Waals surface area contributed by atoms with Gasteiger partial charge in [0, 0.05) is 24.3 Å². The largest absolute Gasteiger partial charge is 0.368 e. The molecular weight excluding hydrogens is 244 g/mol. The molecule has 0 saturated carbocycles. The zero-order chi connectivity index (χ0) is 14.7. The van der Waals surface area contributed by atoms with Gasteiger partial charge in [-0.1, -0.05) is 38.5 Å². The third-order valence-electron chi connectivity index (χ3n) is 4.62. The maximum atomic E-state index is 6.20. The minimum atomic E-state index is 0.274. The Kier molecular flexibility index (Phi) is 5.09. The molecule has 112 valence electrons. The number of anilines is 1. The Balaban J connectivity index is 2.30. The van der Waals surface area contributed by atoms with E-state index >= 15 is 0 Å². The molecule has 0 aliphatic carbocycles. The van der Waals surface area contributed by atoms with Gasteiger partial charge in [-0.3, -0.25) is 0 Å². The summed E-state index contributed by atoms with van der Waals surface area (Å²) in [6.07, 6.45) is 4.68. The second kappa shape index (κ2) is 6.62. The van der Waals surface area contributed by atoms with E-state index in [0.717, 1.165) is 12.8 Å². The van der Waals surface area contributed by atoms with Crippen LogP contribution in [0.5, 0.6) is 0 Å². The number of nitrogens with two attached hydrogens (primary N) is 1. The van der Waals surface area contributed by atoms with Crippen LogP contribution in [0.3, 0.4) is 0 Å². The van der Waals surface area contributed by atoms with Crippen LogP contribution >= 0.6 is 0 Å². The molecule has 2 N–H and O–H groups in total. The summed E-state index contributed by atoms with van der Waals surface area (Å²) in [5.74, 6) is 0.714. The maximum absolute atomic E-state index is 6.20. The monoisotopic (exact) mass is 274 g/mol. The lowest BCUT2D eigenvalue weighted by molar-refractivity contribution is 0.490. The van der Waals surface area contributed by atoms with E-state index < -0.39 is 0 Å². The van der Waals surface area contributed by atoms with Crippen molar-refractivity contribution in [3.8, 4) is 0 Å². The van der Waals surface area contributed by atoms with Crippen LogP contribution < -0.4 is 10.6 Å². The van der Waals surface area contributed by atoms with Gasteiger partial charge in [-0.2, -0.15) is 0 Å². The summed E-state index contributed by atoms with van der Waals surface area (Å²) in [6.45, 7) is 10.2. The minimum absolute atomic E-state index is 0.274. The average Bonchev–Trinajstić information content (AvgIpc) is 2.88. The number of benzene rings is 1. The number of aryl methyl sites for hydroxylation is 1. The van der Waals surface area contributed by atoms with Crippen LogP contribution in [0.2, 0.25) is 0 Å². The highest BCUT2D eigenvalue weighted by Gasteiger charge is 2.28. The van der Waals surface area contributed by atoms with Crippen molar-refractivity contribution in [1.82, 2.24) is 0 Å². The zero-order valence-corrected chi connectivity index (χ0v) is 13.5. The highest BCUT2D eigenvalue weighted by molar-refractivity contribution is 5.57. The Labute approximate surface area is 124 Å². The summed E-state index contributed by atoms with van der Waals surface area (Å²) >= 11 is 0. The third kappa shape index (κ3) is 3.35. The van der Waals surface area contributed by atoms with Gasteiger partial charge >= 0.3 is 0 Å². The van der Waals surface area contributed by atoms with Gasteiger partial charge in [-0.05, 0) is 50.2 Å². The first-order valence-electron chi connectivity index (χ1n) is 8.14. The van der Waals surface area contributed by atoms with Gasteiger partial charge in [0.15, 0.2) is 0 Å². The molecule has 0 spiro atoms. The molecule has 1 fully saturated rings. The smallest absolute Gasteiger partial charge is 0.0402 e. The molecule has 1 aromatic carbocycles. The molecule has 2 rings (SSSR count). The molecule has 1 heterocycles. The summed E-state index contributed by atoms with van der Waals surface area (Å²) in [4.78, 5) is 2.63. The third-order valence-corrected chi connectivity index (χ3v) is 4.62. The lowest BCUT2D eigenvalue weighted by Gasteiger charge is -2.32. The lowest BCUT2D eigenvalue weighted by atomic mass is 9.97. The van der Waals surface area contributed by atoms with Crippen LogP contribution in [0, 0.1) is 12.8 Å². The quantitative estimate of drug-likeness (QED) is 0.882. The highest BCUT2D eigenvalue weighted by atomic mass is 15.2. The summed E-state index contributed by atoms with van der Waals surface area (Å²) in [6, 6.07) is 7.85. The normalized spacial score (nSPS) is 20.7. The molecule has 20 heavy (non-hydrogen) atoms. The van der Waals surface area contributed by atoms with Crippen molar-refractivity contribution in [1.29, 1.82) is 0 Å². The molecule has 2 atom stereocenters. The molecule has 1 saturated heterocycles. The molecule has 1 aromatic rings. The van der Waals surface area contributed by atoms with Crippen LogP contribution in [-0.4, -0.2) is 18.6 Å². The SMILES string of the molecule is CCC(N)Cc1cc(C)ccc1N1CCCC1C(C)C. The van der Waals surface area contributed by atoms with Crippen LogP contribution in [-0.2, 0) is 6.42 Å². The topological polar surface area (TPSA) is 29.3 Å². The fourth-order valence-electron chi connectivity index (χ4n) is 3.37. The molecule has 2 nitrogen and oxygen atoms in total. The van der Waals surface area contributed by atoms with Gasteiger partial charge in [-0.15, -0.1) is 0 Å². The van der Waals surface area contributed by atoms with E-state index in [9.17, 15) is 0 Å². The molecule has 1 aliphatic heterocycles. The predicted octanol–water partition coefficient (Wildman–Crippen LogP) is 3.90. The molecule has 2 heteroatoms. The number of nitrogens with zero attached hydrogens (tertiary/aromatic N) is 1. The van der Waals surface area contributed by atoms with E-state index in [-0.39, 0.29) is 6.04 Å². The Morgan fingerprint density at radius 2 is 2.10 bits per heavy atom. The Bertz CT molecular complexity index is 439. The molecule has 0 bridgehead atoms. The van der Waals surface area contributed by atoms with Crippen LogP contribution in [0.1, 0.15) is 51.2 Å². The van der Waals surface area contributed by atoms with E-state index in [1.165, 1.54) is 36.2 Å². The van der Waals surface area contributed by atoms with Crippen molar-refractivity contribution in [3.63, 3.8) is 0 Å². The standard InChI is InChI=1S/C18H30N2/c1-5-16(19)12-15-11-14(4)8-9-18(15)20-10-6-7-17(20)13(2)3/h8-9,11,13,16-17H,5-7,10,12,19H2,1-4H3. The van der Waals surface area contributed by atoms with Crippen molar-refractivity contribution >= 4 is 5.69 Å². The van der Waals surface area contributed by atoms with Crippen molar-refractivity contribution < 1.29 is 0 Å². The lowest BCUT2D eigenvalue weighted by Crippen LogP contribution is -2.34. The second-order valence-corrected chi connectivity index (χ2v) is 6.65. The van der Waals surface area contributed by atoms with Crippen molar-refractivity contribution in [2.24, 2.45) is 11.7 Å². The summed E-state index contributed by atoms with van der Waals surface area (Å²) < 4.78 is 0. The first-order chi connectivity index (χ1) is 9.52. The molecule has 0 aromatic heterocycles. The number of rotatable bonds is 5. The van der Waals surface area contributed by atoms with Crippen LogP contribution in [0.15, 0.2) is 18.2 Å². The molecular formula is C18H30N2. The van der Waals surface area contributed by atoms with E-state index in [1.807, 2.05) is 0 Å². The van der Waals surface area contributed by atoms with Gasteiger partial charge in [-0.25, -0.2) is 0 Å². The van der Waals surface area contributed by atoms with Gasteiger partial charge in [0.25, 0.3) is 0 Å². The van der Waals surface area contributed by atoms with Crippen LogP contribution in [0.4, 0.5) is 5.69 Å². The van der Waals surface area contributed by atoms with Gasteiger partial charge in [0.2, 0.25) is 0 Å². The summed E-state index contributed by atoms with van der Waals surface area (Å²) in [5.41, 5.74) is 10.4. The zero-order valence-electron chi connectivity index (χ0n) is 13.5. The first kappa shape index (κ1) is 15.4.